The molecule has 3 rings (SSSR count). The van der Waals surface area contributed by atoms with Crippen molar-refractivity contribution in [3.05, 3.63) is 45.1 Å². The van der Waals surface area contributed by atoms with Crippen molar-refractivity contribution in [2.75, 3.05) is 27.8 Å². The fourth-order valence-corrected chi connectivity index (χ4v) is 4.24. The first-order valence-electron chi connectivity index (χ1n) is 7.29. The Kier molecular flexibility index (Phi) is 4.38. The maximum Gasteiger partial charge on any atom is 0.161 e. The minimum atomic E-state index is 0.111. The zero-order valence-corrected chi connectivity index (χ0v) is 13.9. The summed E-state index contributed by atoms with van der Waals surface area (Å²) in [7, 11) is 5.44. The molecule has 1 atom stereocenters. The number of nitrogens with zero attached hydrogens (tertiary/aromatic N) is 1. The molecule has 0 bridgehead atoms. The molecule has 1 unspecified atom stereocenters. The minimum Gasteiger partial charge on any atom is -0.493 e. The first kappa shape index (κ1) is 15.3. The van der Waals surface area contributed by atoms with Gasteiger partial charge in [0.2, 0.25) is 0 Å². The standard InChI is InChI=1S/C17H21NO3S/c1-18-8-14(13-7-12(10-19)22-17(13)9-18)11-4-5-15(20-2)16(6-11)21-3/h4-7,14,19H,8-10H2,1-3H3. The predicted octanol–water partition coefficient (Wildman–Crippen LogP) is 2.83. The van der Waals surface area contributed by atoms with E-state index in [2.05, 4.69) is 30.1 Å². The van der Waals surface area contributed by atoms with Gasteiger partial charge in [0.15, 0.2) is 11.5 Å². The summed E-state index contributed by atoms with van der Waals surface area (Å²) in [5.41, 5.74) is 2.55. The van der Waals surface area contributed by atoms with Crippen molar-refractivity contribution >= 4 is 11.3 Å². The highest BCUT2D eigenvalue weighted by atomic mass is 32.1. The molecule has 0 saturated carbocycles. The fourth-order valence-electron chi connectivity index (χ4n) is 3.07. The summed E-state index contributed by atoms with van der Waals surface area (Å²) in [4.78, 5) is 4.70. The molecule has 2 aromatic rings. The number of aliphatic hydroxyl groups is 1. The van der Waals surface area contributed by atoms with Crippen LogP contribution in [-0.4, -0.2) is 37.8 Å². The van der Waals surface area contributed by atoms with E-state index >= 15 is 0 Å². The van der Waals surface area contributed by atoms with Crippen LogP contribution in [0.15, 0.2) is 24.3 Å². The van der Waals surface area contributed by atoms with Crippen LogP contribution in [0.25, 0.3) is 0 Å². The van der Waals surface area contributed by atoms with Gasteiger partial charge in [0.25, 0.3) is 0 Å². The van der Waals surface area contributed by atoms with Crippen LogP contribution in [0.5, 0.6) is 11.5 Å². The lowest BCUT2D eigenvalue weighted by molar-refractivity contribution is 0.285. The van der Waals surface area contributed by atoms with Crippen molar-refractivity contribution in [2.45, 2.75) is 19.1 Å². The molecule has 0 saturated heterocycles. The van der Waals surface area contributed by atoms with Gasteiger partial charge in [-0.1, -0.05) is 6.07 Å². The Bertz CT molecular complexity index is 668. The van der Waals surface area contributed by atoms with Gasteiger partial charge in [-0.2, -0.15) is 0 Å². The summed E-state index contributed by atoms with van der Waals surface area (Å²) in [6.45, 7) is 2.02. The normalized spacial score (nSPS) is 18.1. The van der Waals surface area contributed by atoms with Gasteiger partial charge in [-0.05, 0) is 36.4 Å². The van der Waals surface area contributed by atoms with Gasteiger partial charge in [-0.3, -0.25) is 0 Å². The summed E-state index contributed by atoms with van der Waals surface area (Å²) < 4.78 is 10.8. The lowest BCUT2D eigenvalue weighted by Gasteiger charge is -2.30. The van der Waals surface area contributed by atoms with E-state index in [1.54, 1.807) is 25.6 Å². The van der Waals surface area contributed by atoms with E-state index in [4.69, 9.17) is 9.47 Å². The summed E-state index contributed by atoms with van der Waals surface area (Å²) in [6, 6.07) is 8.27. The third-order valence-corrected chi connectivity index (χ3v) is 5.26. The van der Waals surface area contributed by atoms with E-state index in [1.165, 1.54) is 16.0 Å². The predicted molar refractivity (Wildman–Crippen MR) is 88.0 cm³/mol. The Morgan fingerprint density at radius 3 is 2.68 bits per heavy atom. The molecule has 118 valence electrons. The van der Waals surface area contributed by atoms with Crippen LogP contribution < -0.4 is 9.47 Å². The van der Waals surface area contributed by atoms with E-state index < -0.39 is 0 Å². The first-order chi connectivity index (χ1) is 10.7. The van der Waals surface area contributed by atoms with Crippen molar-refractivity contribution in [1.29, 1.82) is 0 Å². The molecule has 0 aliphatic carbocycles. The van der Waals surface area contributed by atoms with Crippen LogP contribution >= 0.6 is 11.3 Å². The molecule has 4 nitrogen and oxygen atoms in total. The SMILES string of the molecule is COc1ccc(C2CN(C)Cc3sc(CO)cc32)cc1OC. The highest BCUT2D eigenvalue weighted by Gasteiger charge is 2.27. The molecule has 0 radical (unpaired) electrons. The molecule has 5 heteroatoms. The Hall–Kier alpha value is -1.56. The van der Waals surface area contributed by atoms with E-state index in [0.717, 1.165) is 29.5 Å². The number of likely N-dealkylation sites (N-methyl/N-ethyl adjacent to an activating group) is 1. The van der Waals surface area contributed by atoms with Crippen LogP contribution in [0.1, 0.15) is 26.8 Å². The Morgan fingerprint density at radius 1 is 1.23 bits per heavy atom. The molecule has 1 aromatic heterocycles. The first-order valence-corrected chi connectivity index (χ1v) is 8.10. The fraction of sp³-hybridized carbons (Fsp3) is 0.412. The maximum atomic E-state index is 9.42. The second-order valence-corrected chi connectivity index (χ2v) is 6.83. The summed E-state index contributed by atoms with van der Waals surface area (Å²) in [5, 5.41) is 9.42. The Morgan fingerprint density at radius 2 is 2.00 bits per heavy atom. The smallest absolute Gasteiger partial charge is 0.161 e. The Balaban J connectivity index is 2.03. The summed E-state index contributed by atoms with van der Waals surface area (Å²) in [6.07, 6.45) is 0. The number of methoxy groups -OCH3 is 2. The van der Waals surface area contributed by atoms with Gasteiger partial charge in [0.05, 0.1) is 20.8 Å². The number of benzene rings is 1. The molecule has 1 aliphatic rings. The molecule has 0 spiro atoms. The highest BCUT2D eigenvalue weighted by molar-refractivity contribution is 7.12. The molecule has 1 N–H and O–H groups in total. The zero-order valence-electron chi connectivity index (χ0n) is 13.1. The van der Waals surface area contributed by atoms with Crippen LogP contribution in [0, 0.1) is 0 Å². The highest BCUT2D eigenvalue weighted by Crippen LogP contribution is 2.40. The van der Waals surface area contributed by atoms with Gasteiger partial charge >= 0.3 is 0 Å². The number of thiophene rings is 1. The molecule has 1 aromatic carbocycles. The Labute approximate surface area is 134 Å². The molecule has 2 heterocycles. The third-order valence-electron chi connectivity index (χ3n) is 4.14. The molecular formula is C17H21NO3S. The van der Waals surface area contributed by atoms with E-state index in [1.807, 2.05) is 6.07 Å². The number of aliphatic hydroxyl groups excluding tert-OH is 1. The lowest BCUT2D eigenvalue weighted by Crippen LogP contribution is -2.29. The second-order valence-electron chi connectivity index (χ2n) is 5.61. The summed E-state index contributed by atoms with van der Waals surface area (Å²) in [5.74, 6) is 1.80. The van der Waals surface area contributed by atoms with Crippen molar-refractivity contribution < 1.29 is 14.6 Å². The number of hydrogen-bond acceptors (Lipinski definition) is 5. The van der Waals surface area contributed by atoms with Gasteiger partial charge in [0.1, 0.15) is 0 Å². The number of rotatable bonds is 4. The largest absolute Gasteiger partial charge is 0.493 e. The van der Waals surface area contributed by atoms with Crippen LogP contribution in [0.2, 0.25) is 0 Å². The van der Waals surface area contributed by atoms with Gasteiger partial charge in [-0.15, -0.1) is 11.3 Å². The molecular weight excluding hydrogens is 298 g/mol. The number of hydrogen-bond donors (Lipinski definition) is 1. The van der Waals surface area contributed by atoms with Gasteiger partial charge in [0, 0.05) is 28.8 Å². The van der Waals surface area contributed by atoms with E-state index in [-0.39, 0.29) is 6.61 Å². The van der Waals surface area contributed by atoms with Crippen molar-refractivity contribution in [3.63, 3.8) is 0 Å². The number of fused-ring (bicyclic) bond motifs is 1. The third kappa shape index (κ3) is 2.72. The molecule has 22 heavy (non-hydrogen) atoms. The molecule has 0 fully saturated rings. The van der Waals surface area contributed by atoms with E-state index in [0.29, 0.717) is 5.92 Å². The van der Waals surface area contributed by atoms with Crippen molar-refractivity contribution in [2.24, 2.45) is 0 Å². The lowest BCUT2D eigenvalue weighted by atomic mass is 9.88. The molecule has 0 amide bonds. The average molecular weight is 319 g/mol. The topological polar surface area (TPSA) is 41.9 Å². The van der Waals surface area contributed by atoms with Crippen LogP contribution in [0.4, 0.5) is 0 Å². The zero-order chi connectivity index (χ0) is 15.7. The van der Waals surface area contributed by atoms with Gasteiger partial charge in [-0.25, -0.2) is 0 Å². The maximum absolute atomic E-state index is 9.42. The van der Waals surface area contributed by atoms with Crippen LogP contribution in [0.3, 0.4) is 0 Å². The second kappa shape index (κ2) is 6.28. The van der Waals surface area contributed by atoms with Crippen molar-refractivity contribution in [1.82, 2.24) is 4.90 Å². The summed E-state index contributed by atoms with van der Waals surface area (Å²) >= 11 is 1.71. The van der Waals surface area contributed by atoms with Gasteiger partial charge < -0.3 is 19.5 Å². The van der Waals surface area contributed by atoms with Crippen molar-refractivity contribution in [3.8, 4) is 11.5 Å². The minimum absolute atomic E-state index is 0.111. The van der Waals surface area contributed by atoms with E-state index in [9.17, 15) is 5.11 Å². The quantitative estimate of drug-likeness (QED) is 0.941. The molecule has 1 aliphatic heterocycles. The number of ether oxygens (including phenoxy) is 2. The van der Waals surface area contributed by atoms with Crippen LogP contribution in [-0.2, 0) is 13.2 Å². The average Bonchev–Trinajstić information content (AvgIpc) is 2.96. The monoisotopic (exact) mass is 319 g/mol.